The van der Waals surface area contributed by atoms with Crippen LogP contribution < -0.4 is 31.3 Å². The van der Waals surface area contributed by atoms with Crippen LogP contribution in [-0.4, -0.2) is 208 Å². The van der Waals surface area contributed by atoms with E-state index in [0.29, 0.717) is 30.2 Å². The Bertz CT molecular complexity index is 3060. The topological polar surface area (TPSA) is 326 Å². The van der Waals surface area contributed by atoms with Crippen molar-refractivity contribution >= 4 is 41.4 Å². The Morgan fingerprint density at radius 1 is 0.667 bits per heavy atom. The zero-order valence-corrected chi connectivity index (χ0v) is 53.1. The van der Waals surface area contributed by atoms with Crippen LogP contribution in [0.4, 0.5) is 0 Å². The number of β-amino-alcohol motifs (C(OH)–C–C–N with tert-alkyl or cyclic N) is 1. The number of nitrogens with one attached hydrogen (secondary N) is 5. The van der Waals surface area contributed by atoms with Gasteiger partial charge in [0.15, 0.2) is 0 Å². The molecule has 2 saturated heterocycles. The third kappa shape index (κ3) is 18.6. The summed E-state index contributed by atoms with van der Waals surface area (Å²) in [4.78, 5) is 102. The Hall–Kier alpha value is -7.51. The number of hydrogen-bond acceptors (Lipinski definition) is 15. The van der Waals surface area contributed by atoms with Crippen molar-refractivity contribution in [1.29, 1.82) is 0 Å². The molecule has 0 spiro atoms. The van der Waals surface area contributed by atoms with Crippen molar-refractivity contribution in [1.82, 2.24) is 36.4 Å². The lowest BCUT2D eigenvalue weighted by Crippen LogP contribution is -2.64. The molecule has 1 saturated carbocycles. The summed E-state index contributed by atoms with van der Waals surface area (Å²) in [6, 6.07) is 19.3. The summed E-state index contributed by atoms with van der Waals surface area (Å²) in [6.45, 7) is 10.7. The van der Waals surface area contributed by atoms with Gasteiger partial charge in [-0.05, 0) is 102 Å². The minimum Gasteiger partial charge on any atom is -0.508 e. The van der Waals surface area contributed by atoms with Gasteiger partial charge in [-0.2, -0.15) is 0 Å². The highest BCUT2D eigenvalue weighted by atomic mass is 16.5. The molecule has 23 nitrogen and oxygen atoms in total. The number of hydrogen-bond donors (Lipinski definition) is 11. The summed E-state index contributed by atoms with van der Waals surface area (Å²) in [5, 5.41) is 79.9. The molecule has 4 aromatic carbocycles. The highest BCUT2D eigenvalue weighted by molar-refractivity contribution is 5.99. The normalized spacial score (nSPS) is 21.0. The summed E-state index contributed by atoms with van der Waals surface area (Å²) in [7, 11) is 6.00. The number of aliphatic hydroxyl groups is 5. The van der Waals surface area contributed by atoms with Crippen molar-refractivity contribution in [2.45, 2.75) is 147 Å². The molecule has 4 aromatic rings. The summed E-state index contributed by atoms with van der Waals surface area (Å²) in [5.41, 5.74) is 4.09. The fraction of sp³-hybridized carbons (Fsp3) is 0.537. The molecule has 13 atom stereocenters. The quantitative estimate of drug-likeness (QED) is 0.0203. The number of carbonyl (C=O) groups is 7. The molecule has 6 unspecified atom stereocenters. The van der Waals surface area contributed by atoms with Crippen LogP contribution in [0.2, 0.25) is 0 Å². The second kappa shape index (κ2) is 31.5. The summed E-state index contributed by atoms with van der Waals surface area (Å²) in [5.74, 6) is -6.68. The molecule has 1 aliphatic carbocycles. The van der Waals surface area contributed by atoms with Crippen LogP contribution in [0.1, 0.15) is 102 Å². The molecule has 11 N–H and O–H groups in total. The zero-order valence-electron chi connectivity index (χ0n) is 53.1. The number of nitrogens with zero attached hydrogens (tertiary/aromatic N) is 3. The highest BCUT2D eigenvalue weighted by Gasteiger charge is 2.50. The highest BCUT2D eigenvalue weighted by Crippen LogP contribution is 2.39. The van der Waals surface area contributed by atoms with E-state index < -0.39 is 133 Å². The molecule has 90 heavy (non-hydrogen) atoms. The van der Waals surface area contributed by atoms with Crippen molar-refractivity contribution in [3.8, 4) is 33.8 Å². The van der Waals surface area contributed by atoms with Gasteiger partial charge >= 0.3 is 0 Å². The van der Waals surface area contributed by atoms with Crippen molar-refractivity contribution in [2.75, 3.05) is 60.5 Å². The van der Waals surface area contributed by atoms with Crippen molar-refractivity contribution in [3.63, 3.8) is 0 Å². The molecular weight excluding hydrogens is 1160 g/mol. The van der Waals surface area contributed by atoms with Crippen molar-refractivity contribution in [2.24, 2.45) is 23.7 Å². The lowest BCUT2D eigenvalue weighted by molar-refractivity contribution is -0.870. The minimum atomic E-state index is -2.22. The van der Waals surface area contributed by atoms with Crippen LogP contribution >= 0.6 is 0 Å². The van der Waals surface area contributed by atoms with Crippen LogP contribution in [0.15, 0.2) is 97.1 Å². The van der Waals surface area contributed by atoms with Crippen LogP contribution in [0, 0.1) is 23.7 Å². The number of aliphatic hydroxyl groups excluding tert-OH is 5. The summed E-state index contributed by atoms with van der Waals surface area (Å²) >= 11 is 0. The molecule has 23 heteroatoms. The predicted molar refractivity (Wildman–Crippen MR) is 336 cm³/mol. The number of aromatic hydroxyl groups is 1. The fourth-order valence-electron chi connectivity index (χ4n) is 11.3. The molecule has 7 rings (SSSR count). The van der Waals surface area contributed by atoms with Gasteiger partial charge in [0.2, 0.25) is 35.4 Å². The average Bonchev–Trinajstić information content (AvgIpc) is 1.67. The minimum absolute atomic E-state index is 0.0164. The van der Waals surface area contributed by atoms with E-state index in [9.17, 15) is 64.2 Å². The number of quaternary nitrogens is 1. The molecule has 3 aliphatic rings. The maximum Gasteiger partial charge on any atom is 0.251 e. The Kier molecular flexibility index (Phi) is 24.5. The van der Waals surface area contributed by atoms with E-state index >= 15 is 0 Å². The number of carbonyl (C=O) groups excluding carboxylic acids is 7. The monoisotopic (exact) mass is 1250 g/mol. The number of benzene rings is 4. The standard InChI is InChI=1S/C67H92N8O15/c1-10-11-12-32-89-51-29-25-46(26-30-51)44-17-15-43(16-18-44)45-19-21-48(22-20-45)61(83)68-35-53(79)69-54(38(2)3)66(87)73-37-50(78)34-52(73)62(84)71-56(60(82)59(81)47-23-27-49(77)28-24-47)63(85)70-55(41(6)76)67(88)74-36-39(4)58(80)57(74)64(86)72-65(40(5)42-13-14-42)90-33-31-75(7,8)9/h15-30,38-42,50,52,54-60,65,76,78,80-82H,10-14,31-37H2,1-9H3,(H5-,68,69,70,71,72,77,79,83,84,85,86)/p+1/t39-,40-,41+,50+,52?,54?,55?,56?,57?,58-,59-,60-,65?/m0/s1. The van der Waals surface area contributed by atoms with Gasteiger partial charge in [-0.1, -0.05) is 108 Å². The van der Waals surface area contributed by atoms with Gasteiger partial charge in [-0.15, -0.1) is 0 Å². The van der Waals surface area contributed by atoms with Gasteiger partial charge in [0.25, 0.3) is 5.91 Å². The van der Waals surface area contributed by atoms with Crippen LogP contribution in [0.5, 0.6) is 11.5 Å². The Morgan fingerprint density at radius 3 is 1.80 bits per heavy atom. The Labute approximate surface area is 527 Å². The molecule has 0 bridgehead atoms. The number of likely N-dealkylation sites (tertiary alicyclic amines) is 2. The van der Waals surface area contributed by atoms with Crippen molar-refractivity contribution in [3.05, 3.63) is 108 Å². The Balaban J connectivity index is 1.01. The SMILES string of the molecule is CCCCCOc1ccc(-c2ccc(-c3ccc(C(=O)NCC(=O)NC(C(=O)N4C[C@H](O)CC4C(=O)NC(C(=O)NC(C(=O)N4C[C@H](C)[C@H](O)C4C(=O)NC(OCC[N+](C)(C)C)[C@@H](C)C4CC4)[C@@H](C)O)[C@H](O)[C@@H](O)c4ccc(O)cc4)C(C)C)cc3)cc2)cc1. The number of likely N-dealkylation sites (N-methyl/N-ethyl adjacent to an activating group) is 1. The molecule has 2 aliphatic heterocycles. The van der Waals surface area contributed by atoms with Crippen LogP contribution in [0.25, 0.3) is 22.3 Å². The van der Waals surface area contributed by atoms with Gasteiger partial charge in [0.05, 0.1) is 59.2 Å². The third-order valence-corrected chi connectivity index (χ3v) is 17.1. The maximum atomic E-state index is 14.7. The van der Waals surface area contributed by atoms with Gasteiger partial charge in [-0.25, -0.2) is 0 Å². The van der Waals surface area contributed by atoms with E-state index in [4.69, 9.17) is 9.47 Å². The average molecular weight is 1250 g/mol. The lowest BCUT2D eigenvalue weighted by atomic mass is 9.96. The van der Waals surface area contributed by atoms with Gasteiger partial charge in [-0.3, -0.25) is 33.6 Å². The van der Waals surface area contributed by atoms with Crippen LogP contribution in [0.3, 0.4) is 0 Å². The maximum absolute atomic E-state index is 14.7. The Morgan fingerprint density at radius 2 is 1.24 bits per heavy atom. The summed E-state index contributed by atoms with van der Waals surface area (Å²) < 4.78 is 12.7. The van der Waals surface area contributed by atoms with Crippen molar-refractivity contribution < 1.29 is 78.2 Å². The van der Waals surface area contributed by atoms with E-state index in [-0.39, 0.29) is 35.8 Å². The van der Waals surface area contributed by atoms with E-state index in [2.05, 4.69) is 33.5 Å². The number of ether oxygens (including phenoxy) is 2. The molecule has 490 valence electrons. The zero-order chi connectivity index (χ0) is 65.7. The first-order valence-electron chi connectivity index (χ1n) is 31.3. The van der Waals surface area contributed by atoms with Gasteiger partial charge in [0.1, 0.15) is 66.7 Å². The first-order valence-corrected chi connectivity index (χ1v) is 31.3. The first-order chi connectivity index (χ1) is 42.6. The second-order valence-electron chi connectivity index (χ2n) is 25.8. The van der Waals surface area contributed by atoms with E-state index in [1.807, 2.05) is 76.6 Å². The molecule has 0 aromatic heterocycles. The molecule has 0 radical (unpaired) electrons. The predicted octanol–water partition coefficient (Wildman–Crippen LogP) is 2.99. The van der Waals surface area contributed by atoms with E-state index in [0.717, 1.165) is 69.9 Å². The molecule has 3 fully saturated rings. The smallest absolute Gasteiger partial charge is 0.251 e. The van der Waals surface area contributed by atoms with E-state index in [1.54, 1.807) is 45.0 Å². The number of unbranched alkanes of at least 4 members (excludes halogenated alkanes) is 2. The van der Waals surface area contributed by atoms with E-state index in [1.165, 1.54) is 31.2 Å². The fourth-order valence-corrected chi connectivity index (χ4v) is 11.3. The molecular formula is C67H93N8O15+. The lowest BCUT2D eigenvalue weighted by Gasteiger charge is -2.35. The number of amides is 7. The molecule has 2 heterocycles. The first kappa shape index (κ1) is 70.0. The van der Waals surface area contributed by atoms with Crippen LogP contribution in [-0.2, 0) is 33.5 Å². The summed E-state index contributed by atoms with van der Waals surface area (Å²) in [6.07, 6.45) is -4.52. The van der Waals surface area contributed by atoms with Gasteiger partial charge in [0, 0.05) is 36.9 Å². The number of rotatable bonds is 30. The number of phenols is 1. The second-order valence-corrected chi connectivity index (χ2v) is 25.8. The van der Waals surface area contributed by atoms with Gasteiger partial charge < -0.3 is 81.0 Å². The largest absolute Gasteiger partial charge is 0.508 e. The third-order valence-electron chi connectivity index (χ3n) is 17.1. The molecule has 7 amide bonds. The number of phenolic OH excluding ortho intramolecular Hbond substituents is 1.